The number of hydrogen-bond acceptors (Lipinski definition) is 6. The molecule has 0 N–H and O–H groups in total. The normalized spacial score (nSPS) is 25.3. The van der Waals surface area contributed by atoms with Crippen LogP contribution in [-0.2, 0) is 9.53 Å². The van der Waals surface area contributed by atoms with E-state index in [0.717, 1.165) is 37.3 Å². The van der Waals surface area contributed by atoms with Gasteiger partial charge in [-0.05, 0) is 40.5 Å². The molecule has 3 heterocycles. The van der Waals surface area contributed by atoms with Gasteiger partial charge in [-0.25, -0.2) is 4.98 Å². The lowest BCUT2D eigenvalue weighted by Crippen LogP contribution is -2.52. The Morgan fingerprint density at radius 3 is 2.54 bits per heavy atom. The van der Waals surface area contributed by atoms with Crippen LogP contribution in [0.2, 0.25) is 0 Å². The summed E-state index contributed by atoms with van der Waals surface area (Å²) in [5.74, 6) is 0.836. The van der Waals surface area contributed by atoms with Gasteiger partial charge in [-0.2, -0.15) is 0 Å². The summed E-state index contributed by atoms with van der Waals surface area (Å²) in [4.78, 5) is 25.5. The van der Waals surface area contributed by atoms with Crippen LogP contribution in [0.4, 0.5) is 0 Å². The van der Waals surface area contributed by atoms with Gasteiger partial charge in [-0.15, -0.1) is 0 Å². The smallest absolute Gasteiger partial charge is 0.236 e. The molecule has 2 aliphatic heterocycles. The molecule has 26 heavy (non-hydrogen) atoms. The van der Waals surface area contributed by atoms with Gasteiger partial charge < -0.3 is 14.4 Å². The van der Waals surface area contributed by atoms with Crippen molar-refractivity contribution < 1.29 is 14.3 Å². The molecule has 1 amide bonds. The molecule has 0 bridgehead atoms. The molecule has 1 aromatic heterocycles. The third-order valence-electron chi connectivity index (χ3n) is 4.98. The summed E-state index contributed by atoms with van der Waals surface area (Å²) >= 11 is 0. The number of carbonyl (C=O) groups excluding carboxylic acids is 1. The number of aromatic nitrogens is 2. The van der Waals surface area contributed by atoms with Crippen molar-refractivity contribution in [2.24, 2.45) is 0 Å². The lowest BCUT2D eigenvalue weighted by molar-refractivity contribution is -0.144. The molecule has 0 radical (unpaired) electrons. The lowest BCUT2D eigenvalue weighted by atomic mass is 10.1. The predicted octanol–water partition coefficient (Wildman–Crippen LogP) is 1.57. The van der Waals surface area contributed by atoms with Gasteiger partial charge in [0.2, 0.25) is 11.8 Å². The van der Waals surface area contributed by atoms with Crippen LogP contribution in [0.15, 0.2) is 6.20 Å². The van der Waals surface area contributed by atoms with Crippen molar-refractivity contribution in [2.75, 3.05) is 32.7 Å². The average molecular weight is 362 g/mol. The molecule has 0 saturated carbocycles. The summed E-state index contributed by atoms with van der Waals surface area (Å²) in [5.41, 5.74) is 1.69. The van der Waals surface area contributed by atoms with Crippen LogP contribution >= 0.6 is 0 Å². The van der Waals surface area contributed by atoms with Crippen molar-refractivity contribution in [2.45, 2.75) is 58.8 Å². The van der Waals surface area contributed by atoms with E-state index in [2.05, 4.69) is 14.9 Å². The molecule has 144 valence electrons. The van der Waals surface area contributed by atoms with Crippen LogP contribution < -0.4 is 4.74 Å². The summed E-state index contributed by atoms with van der Waals surface area (Å²) in [7, 11) is 0. The number of amides is 1. The monoisotopic (exact) mass is 362 g/mol. The number of ether oxygens (including phenoxy) is 2. The Morgan fingerprint density at radius 1 is 1.23 bits per heavy atom. The minimum absolute atomic E-state index is 0.112. The Morgan fingerprint density at radius 2 is 1.88 bits per heavy atom. The zero-order valence-electron chi connectivity index (χ0n) is 16.3. The number of carbonyl (C=O) groups is 1. The van der Waals surface area contributed by atoms with Crippen LogP contribution in [0, 0.1) is 13.8 Å². The van der Waals surface area contributed by atoms with Crippen LogP contribution in [0.25, 0.3) is 0 Å². The Balaban J connectivity index is 1.46. The van der Waals surface area contributed by atoms with Crippen molar-refractivity contribution >= 4 is 5.91 Å². The highest BCUT2D eigenvalue weighted by molar-refractivity contribution is 5.78. The summed E-state index contributed by atoms with van der Waals surface area (Å²) in [6, 6.07) is 0. The van der Waals surface area contributed by atoms with Gasteiger partial charge >= 0.3 is 0 Å². The number of rotatable bonds is 4. The van der Waals surface area contributed by atoms with E-state index >= 15 is 0 Å². The molecule has 2 unspecified atom stereocenters. The lowest BCUT2D eigenvalue weighted by Gasteiger charge is -2.37. The molecule has 0 aliphatic carbocycles. The molecule has 7 heteroatoms. The fourth-order valence-electron chi connectivity index (χ4n) is 3.64. The molecular formula is C19H30N4O3. The molecule has 2 fully saturated rings. The molecule has 2 saturated heterocycles. The minimum atomic E-state index is 0.112. The zero-order valence-corrected chi connectivity index (χ0v) is 16.3. The first-order valence-electron chi connectivity index (χ1n) is 9.53. The fraction of sp³-hybridized carbons (Fsp3) is 0.737. The second-order valence-electron chi connectivity index (χ2n) is 7.55. The molecule has 2 atom stereocenters. The standard InChI is InChI=1S/C19H30N4O3/c1-13-9-20-16(4)19(21-13)26-17-5-7-22(8-6-17)12-18(24)23-10-14(2)25-15(3)11-23/h9,14-15,17H,5-8,10-12H2,1-4H3. The van der Waals surface area contributed by atoms with E-state index in [1.54, 1.807) is 6.20 Å². The van der Waals surface area contributed by atoms with Crippen molar-refractivity contribution in [3.8, 4) is 5.88 Å². The fourth-order valence-corrected chi connectivity index (χ4v) is 3.64. The van der Waals surface area contributed by atoms with Crippen LogP contribution in [0.5, 0.6) is 5.88 Å². The Kier molecular flexibility index (Phi) is 6.09. The summed E-state index contributed by atoms with van der Waals surface area (Å²) in [6.07, 6.45) is 3.92. The van der Waals surface area contributed by atoms with E-state index in [9.17, 15) is 4.79 Å². The maximum atomic E-state index is 12.6. The van der Waals surface area contributed by atoms with Gasteiger partial charge in [0.05, 0.1) is 30.1 Å². The molecule has 7 nitrogen and oxygen atoms in total. The highest BCUT2D eigenvalue weighted by Crippen LogP contribution is 2.20. The maximum Gasteiger partial charge on any atom is 0.236 e. The van der Waals surface area contributed by atoms with Gasteiger partial charge in [0, 0.05) is 32.4 Å². The summed E-state index contributed by atoms with van der Waals surface area (Å²) in [6.45, 7) is 11.5. The van der Waals surface area contributed by atoms with E-state index in [0.29, 0.717) is 25.5 Å². The third-order valence-corrected chi connectivity index (χ3v) is 4.98. The quantitative estimate of drug-likeness (QED) is 0.810. The first kappa shape index (κ1) is 19.0. The van der Waals surface area contributed by atoms with E-state index in [1.807, 2.05) is 32.6 Å². The number of nitrogens with zero attached hydrogens (tertiary/aromatic N) is 4. The predicted molar refractivity (Wildman–Crippen MR) is 98.2 cm³/mol. The van der Waals surface area contributed by atoms with E-state index in [4.69, 9.17) is 9.47 Å². The first-order valence-corrected chi connectivity index (χ1v) is 9.53. The topological polar surface area (TPSA) is 67.8 Å². The van der Waals surface area contributed by atoms with Gasteiger partial charge in [0.15, 0.2) is 0 Å². The van der Waals surface area contributed by atoms with Crippen LogP contribution in [0.1, 0.15) is 38.1 Å². The van der Waals surface area contributed by atoms with Crippen LogP contribution in [-0.4, -0.2) is 76.7 Å². The van der Waals surface area contributed by atoms with E-state index in [1.165, 1.54) is 0 Å². The molecule has 2 aliphatic rings. The van der Waals surface area contributed by atoms with Crippen molar-refractivity contribution in [1.82, 2.24) is 19.8 Å². The van der Waals surface area contributed by atoms with Crippen LogP contribution in [0.3, 0.4) is 0 Å². The van der Waals surface area contributed by atoms with Gasteiger partial charge in [-0.1, -0.05) is 0 Å². The van der Waals surface area contributed by atoms with Gasteiger partial charge in [0.1, 0.15) is 6.10 Å². The molecule has 0 spiro atoms. The van der Waals surface area contributed by atoms with E-state index < -0.39 is 0 Å². The highest BCUT2D eigenvalue weighted by atomic mass is 16.5. The molecule has 1 aromatic rings. The Hall–Kier alpha value is -1.73. The maximum absolute atomic E-state index is 12.6. The second kappa shape index (κ2) is 8.31. The Labute approximate surface area is 155 Å². The molecule has 0 aromatic carbocycles. The Bertz CT molecular complexity index is 621. The number of piperidine rings is 1. The van der Waals surface area contributed by atoms with E-state index in [-0.39, 0.29) is 24.2 Å². The van der Waals surface area contributed by atoms with Gasteiger partial charge in [0.25, 0.3) is 0 Å². The number of likely N-dealkylation sites (tertiary alicyclic amines) is 1. The minimum Gasteiger partial charge on any atom is -0.473 e. The average Bonchev–Trinajstić information content (AvgIpc) is 2.59. The molecule has 3 rings (SSSR count). The van der Waals surface area contributed by atoms with Crippen molar-refractivity contribution in [3.05, 3.63) is 17.6 Å². The third kappa shape index (κ3) is 4.92. The SMILES string of the molecule is Cc1cnc(C)c(OC2CCN(CC(=O)N3CC(C)OC(C)C3)CC2)n1. The molecular weight excluding hydrogens is 332 g/mol. The van der Waals surface area contributed by atoms with Gasteiger partial charge in [-0.3, -0.25) is 14.7 Å². The highest BCUT2D eigenvalue weighted by Gasteiger charge is 2.28. The summed E-state index contributed by atoms with van der Waals surface area (Å²) < 4.78 is 11.8. The second-order valence-corrected chi connectivity index (χ2v) is 7.55. The zero-order chi connectivity index (χ0) is 18.7. The summed E-state index contributed by atoms with van der Waals surface area (Å²) in [5, 5.41) is 0. The van der Waals surface area contributed by atoms with Crippen molar-refractivity contribution in [1.29, 1.82) is 0 Å². The first-order chi connectivity index (χ1) is 12.4. The number of aryl methyl sites for hydroxylation is 2. The largest absolute Gasteiger partial charge is 0.473 e. The number of hydrogen-bond donors (Lipinski definition) is 0. The van der Waals surface area contributed by atoms with Crippen molar-refractivity contribution in [3.63, 3.8) is 0 Å². The number of morpholine rings is 1.